The topological polar surface area (TPSA) is 114 Å². The fourth-order valence-electron chi connectivity index (χ4n) is 2.88. The third-order valence-corrected chi connectivity index (χ3v) is 4.42. The maximum absolute atomic E-state index is 11.2. The van der Waals surface area contributed by atoms with Gasteiger partial charge in [-0.3, -0.25) is 9.48 Å². The first kappa shape index (κ1) is 21.5. The van der Waals surface area contributed by atoms with Crippen LogP contribution in [0.4, 0.5) is 0 Å². The van der Waals surface area contributed by atoms with Gasteiger partial charge in [-0.1, -0.05) is 24.3 Å². The van der Waals surface area contributed by atoms with Crippen LogP contribution in [0.25, 0.3) is 24.3 Å². The van der Waals surface area contributed by atoms with Gasteiger partial charge in [0.25, 0.3) is 0 Å². The summed E-state index contributed by atoms with van der Waals surface area (Å²) in [6.07, 6.45) is 7.04. The maximum atomic E-state index is 11.2. The van der Waals surface area contributed by atoms with Gasteiger partial charge in [-0.2, -0.15) is 5.10 Å². The molecule has 0 saturated carbocycles. The van der Waals surface area contributed by atoms with Crippen LogP contribution in [0.3, 0.4) is 0 Å². The number of carbonyl (C=O) groups is 1. The Morgan fingerprint density at radius 2 is 1.45 bits per heavy atom. The number of carboxylic acids is 1. The van der Waals surface area contributed by atoms with Crippen molar-refractivity contribution in [2.75, 3.05) is 14.2 Å². The highest BCUT2D eigenvalue weighted by atomic mass is 16.5. The van der Waals surface area contributed by atoms with Gasteiger partial charge in [0.2, 0.25) is 0 Å². The highest BCUT2D eigenvalue weighted by Crippen LogP contribution is 2.28. The molecule has 31 heavy (non-hydrogen) atoms. The van der Waals surface area contributed by atoms with Gasteiger partial charge < -0.3 is 24.8 Å². The van der Waals surface area contributed by atoms with Crippen molar-refractivity contribution in [2.24, 2.45) is 0 Å². The number of aromatic nitrogens is 2. The first-order valence-electron chi connectivity index (χ1n) is 9.29. The van der Waals surface area contributed by atoms with Crippen molar-refractivity contribution in [3.8, 4) is 23.0 Å². The van der Waals surface area contributed by atoms with Crippen LogP contribution in [0.5, 0.6) is 23.0 Å². The number of phenols is 2. The van der Waals surface area contributed by atoms with E-state index in [0.717, 1.165) is 11.1 Å². The van der Waals surface area contributed by atoms with Crippen LogP contribution < -0.4 is 9.47 Å². The van der Waals surface area contributed by atoms with E-state index in [1.807, 2.05) is 0 Å². The van der Waals surface area contributed by atoms with E-state index in [0.29, 0.717) is 22.9 Å². The molecule has 0 unspecified atom stereocenters. The number of hydrogen-bond donors (Lipinski definition) is 3. The molecule has 0 fully saturated rings. The number of methoxy groups -OCH3 is 2. The fraction of sp³-hybridized carbons (Fsp3) is 0.130. The summed E-state index contributed by atoms with van der Waals surface area (Å²) in [6.45, 7) is -0.292. The Kier molecular flexibility index (Phi) is 6.61. The Morgan fingerprint density at radius 3 is 1.97 bits per heavy atom. The number of benzene rings is 2. The molecule has 1 heterocycles. The van der Waals surface area contributed by atoms with Crippen molar-refractivity contribution in [1.29, 1.82) is 0 Å². The minimum Gasteiger partial charge on any atom is -0.504 e. The lowest BCUT2D eigenvalue weighted by Gasteiger charge is -2.04. The van der Waals surface area contributed by atoms with Gasteiger partial charge in [0, 0.05) is 0 Å². The highest BCUT2D eigenvalue weighted by Gasteiger charge is 2.08. The Balaban J connectivity index is 1.88. The zero-order valence-corrected chi connectivity index (χ0v) is 17.0. The molecule has 3 N–H and O–H groups in total. The van der Waals surface area contributed by atoms with Gasteiger partial charge in [-0.15, -0.1) is 0 Å². The van der Waals surface area contributed by atoms with Gasteiger partial charge in [0.15, 0.2) is 23.0 Å². The molecule has 0 aliphatic rings. The van der Waals surface area contributed by atoms with E-state index in [2.05, 4.69) is 5.10 Å². The molecule has 8 heteroatoms. The van der Waals surface area contributed by atoms with E-state index >= 15 is 0 Å². The molecule has 160 valence electrons. The summed E-state index contributed by atoms with van der Waals surface area (Å²) in [5.41, 5.74) is 2.72. The molecule has 8 nitrogen and oxygen atoms in total. The van der Waals surface area contributed by atoms with Crippen LogP contribution in [0, 0.1) is 0 Å². The summed E-state index contributed by atoms with van der Waals surface area (Å²) >= 11 is 0. The van der Waals surface area contributed by atoms with E-state index < -0.39 is 5.97 Å². The Hall–Kier alpha value is -4.20. The number of ether oxygens (including phenoxy) is 2. The standard InChI is InChI=1S/C23H22N2O6/c1-30-21-11-15(5-9-19(21)26)3-7-17-13-18(25(24-17)14-23(28)29)8-4-16-6-10-20(27)22(12-16)31-2/h3-13,26-27H,14H2,1-2H3,(H,28,29). The van der Waals surface area contributed by atoms with E-state index in [1.54, 1.807) is 54.6 Å². The van der Waals surface area contributed by atoms with E-state index in [-0.39, 0.29) is 18.0 Å². The lowest BCUT2D eigenvalue weighted by Crippen LogP contribution is -2.11. The van der Waals surface area contributed by atoms with E-state index in [4.69, 9.17) is 9.47 Å². The Labute approximate surface area is 178 Å². The number of nitrogens with zero attached hydrogens (tertiary/aromatic N) is 2. The second-order valence-electron chi connectivity index (χ2n) is 6.57. The molecule has 0 spiro atoms. The monoisotopic (exact) mass is 422 g/mol. The molecular weight excluding hydrogens is 400 g/mol. The summed E-state index contributed by atoms with van der Waals surface area (Å²) in [5.74, 6) is -0.235. The van der Waals surface area contributed by atoms with Crippen molar-refractivity contribution in [3.05, 3.63) is 65.0 Å². The lowest BCUT2D eigenvalue weighted by molar-refractivity contribution is -0.137. The Morgan fingerprint density at radius 1 is 0.903 bits per heavy atom. The summed E-state index contributed by atoms with van der Waals surface area (Å²) in [4.78, 5) is 11.2. The van der Waals surface area contributed by atoms with Crippen molar-refractivity contribution in [2.45, 2.75) is 6.54 Å². The van der Waals surface area contributed by atoms with Crippen molar-refractivity contribution >= 4 is 30.3 Å². The normalized spacial score (nSPS) is 11.3. The molecule has 0 saturated heterocycles. The summed E-state index contributed by atoms with van der Waals surface area (Å²) in [5, 5.41) is 32.9. The zero-order chi connectivity index (χ0) is 22.4. The molecule has 3 rings (SSSR count). The van der Waals surface area contributed by atoms with Gasteiger partial charge in [0.1, 0.15) is 6.54 Å². The maximum Gasteiger partial charge on any atom is 0.325 e. The fourth-order valence-corrected chi connectivity index (χ4v) is 2.88. The van der Waals surface area contributed by atoms with Gasteiger partial charge >= 0.3 is 5.97 Å². The molecule has 0 radical (unpaired) electrons. The molecule has 0 atom stereocenters. The van der Waals surface area contributed by atoms with Gasteiger partial charge in [-0.05, 0) is 53.6 Å². The number of phenolic OH excluding ortho intramolecular Hbond substituents is 2. The molecule has 0 amide bonds. The molecule has 3 aromatic rings. The highest BCUT2D eigenvalue weighted by molar-refractivity contribution is 5.74. The van der Waals surface area contributed by atoms with Crippen LogP contribution in [0.15, 0.2) is 42.5 Å². The molecule has 2 aromatic carbocycles. The second kappa shape index (κ2) is 9.53. The first-order valence-corrected chi connectivity index (χ1v) is 9.29. The third-order valence-electron chi connectivity index (χ3n) is 4.42. The number of carboxylic acid groups (broad SMARTS) is 1. The second-order valence-corrected chi connectivity index (χ2v) is 6.57. The predicted molar refractivity (Wildman–Crippen MR) is 117 cm³/mol. The van der Waals surface area contributed by atoms with Crippen molar-refractivity contribution in [3.63, 3.8) is 0 Å². The average molecular weight is 422 g/mol. The number of aromatic hydroxyl groups is 2. The molecule has 0 bridgehead atoms. The van der Waals surface area contributed by atoms with Crippen molar-refractivity contribution < 1.29 is 29.6 Å². The summed E-state index contributed by atoms with van der Waals surface area (Å²) in [6, 6.07) is 11.6. The zero-order valence-electron chi connectivity index (χ0n) is 17.0. The Bertz CT molecular complexity index is 1150. The van der Waals surface area contributed by atoms with Crippen LogP contribution in [0.1, 0.15) is 22.5 Å². The van der Waals surface area contributed by atoms with Crippen molar-refractivity contribution in [1.82, 2.24) is 9.78 Å². The lowest BCUT2D eigenvalue weighted by atomic mass is 10.1. The van der Waals surface area contributed by atoms with E-state index in [9.17, 15) is 20.1 Å². The van der Waals surface area contributed by atoms with Crippen LogP contribution in [0.2, 0.25) is 0 Å². The average Bonchev–Trinajstić information content (AvgIpc) is 3.13. The molecule has 1 aromatic heterocycles. The largest absolute Gasteiger partial charge is 0.504 e. The van der Waals surface area contributed by atoms with Crippen LogP contribution in [-0.4, -0.2) is 45.3 Å². The van der Waals surface area contributed by atoms with E-state index in [1.165, 1.54) is 31.0 Å². The minimum atomic E-state index is -1.01. The van der Waals surface area contributed by atoms with Gasteiger partial charge in [0.05, 0.1) is 25.6 Å². The first-order chi connectivity index (χ1) is 14.9. The molecular formula is C23H22N2O6. The van der Waals surface area contributed by atoms with Crippen LogP contribution in [-0.2, 0) is 11.3 Å². The summed E-state index contributed by atoms with van der Waals surface area (Å²) in [7, 11) is 2.94. The number of rotatable bonds is 8. The number of aliphatic carboxylic acids is 1. The van der Waals surface area contributed by atoms with Crippen LogP contribution >= 0.6 is 0 Å². The summed E-state index contributed by atoms with van der Waals surface area (Å²) < 4.78 is 11.6. The SMILES string of the molecule is COc1cc(C=Cc2cc(C=Cc3ccc(O)c(OC)c3)n(CC(=O)O)n2)ccc1O. The predicted octanol–water partition coefficient (Wildman–Crippen LogP) is 3.74. The third kappa shape index (κ3) is 5.45. The van der Waals surface area contributed by atoms with Gasteiger partial charge in [-0.25, -0.2) is 0 Å². The molecule has 0 aliphatic carbocycles. The molecule has 0 aliphatic heterocycles. The minimum absolute atomic E-state index is 0.0360. The quantitative estimate of drug-likeness (QED) is 0.507. The smallest absolute Gasteiger partial charge is 0.325 e. The number of hydrogen-bond acceptors (Lipinski definition) is 6.